The van der Waals surface area contributed by atoms with Crippen LogP contribution in [0.25, 0.3) is 6.08 Å². The number of sulfonamides is 1. The Labute approximate surface area is 177 Å². The van der Waals surface area contributed by atoms with Crippen molar-refractivity contribution in [3.63, 3.8) is 0 Å². The predicted molar refractivity (Wildman–Crippen MR) is 112 cm³/mol. The van der Waals surface area contributed by atoms with Gasteiger partial charge in [0.2, 0.25) is 10.0 Å². The normalized spacial score (nSPS) is 10.1. The number of imide groups is 1. The van der Waals surface area contributed by atoms with E-state index in [0.717, 1.165) is 6.26 Å². The zero-order valence-corrected chi connectivity index (χ0v) is 17.0. The van der Waals surface area contributed by atoms with Gasteiger partial charge in [0.1, 0.15) is 17.7 Å². The number of hydrogen-bond donors (Lipinski definition) is 2. The number of nitriles is 2. The average molecular weight is 444 g/mol. The summed E-state index contributed by atoms with van der Waals surface area (Å²) < 4.78 is 24.5. The fourth-order valence-electron chi connectivity index (χ4n) is 2.26. The highest BCUT2D eigenvalue weighted by Crippen LogP contribution is 2.20. The van der Waals surface area contributed by atoms with Gasteiger partial charge >= 0.3 is 12.1 Å². The first kappa shape index (κ1) is 22.4. The van der Waals surface area contributed by atoms with Crippen LogP contribution in [0.4, 0.5) is 21.0 Å². The smallest absolute Gasteiger partial charge is 0.308 e. The lowest BCUT2D eigenvalue weighted by atomic mass is 10.1. The lowest BCUT2D eigenvalue weighted by Crippen LogP contribution is -2.47. The Morgan fingerprint density at radius 3 is 2.10 bits per heavy atom. The van der Waals surface area contributed by atoms with Crippen molar-refractivity contribution < 1.29 is 18.0 Å². The van der Waals surface area contributed by atoms with Crippen molar-refractivity contribution in [2.75, 3.05) is 15.9 Å². The molecule has 152 valence electrons. The number of hydrogen-bond acceptors (Lipinski definition) is 6. The van der Waals surface area contributed by atoms with Crippen LogP contribution in [0.3, 0.4) is 0 Å². The Bertz CT molecular complexity index is 1160. The molecule has 0 spiro atoms. The van der Waals surface area contributed by atoms with Crippen LogP contribution in [0.1, 0.15) is 5.56 Å². The van der Waals surface area contributed by atoms with E-state index in [1.807, 2.05) is 5.32 Å². The number of allylic oxidation sites excluding steroid dienone is 1. The number of benzene rings is 2. The van der Waals surface area contributed by atoms with Gasteiger partial charge in [0.05, 0.1) is 11.9 Å². The van der Waals surface area contributed by atoms with Crippen molar-refractivity contribution in [3.8, 4) is 12.1 Å². The molecular formula is C19H14ClN5O4S. The molecule has 2 aromatic rings. The molecule has 0 saturated heterocycles. The molecule has 0 fully saturated rings. The van der Waals surface area contributed by atoms with E-state index in [-0.39, 0.29) is 11.3 Å². The number of rotatable bonds is 4. The fourth-order valence-corrected chi connectivity index (χ4v) is 3.24. The van der Waals surface area contributed by atoms with Gasteiger partial charge in [0.15, 0.2) is 0 Å². The Morgan fingerprint density at radius 2 is 1.60 bits per heavy atom. The van der Waals surface area contributed by atoms with E-state index in [4.69, 9.17) is 22.1 Å². The molecule has 0 aliphatic rings. The summed E-state index contributed by atoms with van der Waals surface area (Å²) in [5.74, 6) is 0. The van der Waals surface area contributed by atoms with Crippen molar-refractivity contribution in [1.82, 2.24) is 5.32 Å². The zero-order chi connectivity index (χ0) is 22.3. The molecule has 0 aliphatic carbocycles. The second kappa shape index (κ2) is 9.56. The summed E-state index contributed by atoms with van der Waals surface area (Å²) in [6, 6.07) is 12.8. The number of carbonyl (C=O) groups is 2. The summed E-state index contributed by atoms with van der Waals surface area (Å²) in [5, 5.41) is 22.2. The first-order chi connectivity index (χ1) is 14.1. The van der Waals surface area contributed by atoms with Crippen molar-refractivity contribution in [2.45, 2.75) is 0 Å². The highest BCUT2D eigenvalue weighted by Gasteiger charge is 2.26. The minimum Gasteiger partial charge on any atom is -0.308 e. The Morgan fingerprint density at radius 1 is 1.03 bits per heavy atom. The number of halogens is 1. The minimum atomic E-state index is -4.03. The maximum atomic E-state index is 12.4. The van der Waals surface area contributed by atoms with Crippen molar-refractivity contribution in [3.05, 3.63) is 64.7 Å². The van der Waals surface area contributed by atoms with E-state index in [9.17, 15) is 18.0 Å². The third-order valence-corrected chi connectivity index (χ3v) is 4.81. The SMILES string of the molecule is CS(=O)(=O)N(C(=O)NC(=O)Nc1ccc(C=C(C#N)C#N)cc1)c1ccc(Cl)cc1. The molecule has 9 nitrogen and oxygen atoms in total. The van der Waals surface area contributed by atoms with Gasteiger partial charge < -0.3 is 5.32 Å². The second-order valence-electron chi connectivity index (χ2n) is 5.79. The Hall–Kier alpha value is -3.86. The van der Waals surface area contributed by atoms with Gasteiger partial charge in [-0.2, -0.15) is 14.8 Å². The van der Waals surface area contributed by atoms with Crippen LogP contribution in [0, 0.1) is 22.7 Å². The molecule has 0 aromatic heterocycles. The summed E-state index contributed by atoms with van der Waals surface area (Å²) in [4.78, 5) is 24.5. The van der Waals surface area contributed by atoms with Crippen LogP contribution in [0.5, 0.6) is 0 Å². The highest BCUT2D eigenvalue weighted by atomic mass is 35.5. The maximum Gasteiger partial charge on any atom is 0.343 e. The number of nitrogens with zero attached hydrogens (tertiary/aromatic N) is 3. The number of carbonyl (C=O) groups excluding carboxylic acids is 2. The van der Waals surface area contributed by atoms with Gasteiger partial charge in [-0.25, -0.2) is 18.0 Å². The van der Waals surface area contributed by atoms with E-state index in [1.165, 1.54) is 42.5 Å². The maximum absolute atomic E-state index is 12.4. The molecule has 0 radical (unpaired) electrons. The van der Waals surface area contributed by atoms with Crippen LogP contribution in [-0.2, 0) is 10.0 Å². The van der Waals surface area contributed by atoms with Gasteiger partial charge in [0, 0.05) is 10.7 Å². The molecule has 0 heterocycles. The van der Waals surface area contributed by atoms with E-state index < -0.39 is 22.1 Å². The zero-order valence-electron chi connectivity index (χ0n) is 15.5. The van der Waals surface area contributed by atoms with Crippen LogP contribution in [-0.4, -0.2) is 26.7 Å². The van der Waals surface area contributed by atoms with Gasteiger partial charge in [-0.15, -0.1) is 0 Å². The molecular weight excluding hydrogens is 430 g/mol. The highest BCUT2D eigenvalue weighted by molar-refractivity contribution is 7.92. The molecule has 2 rings (SSSR count). The third-order valence-electron chi connectivity index (χ3n) is 3.52. The monoisotopic (exact) mass is 443 g/mol. The van der Waals surface area contributed by atoms with Crippen molar-refractivity contribution in [1.29, 1.82) is 10.5 Å². The van der Waals surface area contributed by atoms with Crippen LogP contribution < -0.4 is 14.9 Å². The molecule has 0 atom stereocenters. The van der Waals surface area contributed by atoms with Crippen molar-refractivity contribution >= 4 is 51.1 Å². The van der Waals surface area contributed by atoms with E-state index >= 15 is 0 Å². The standard InChI is InChI=1S/C19H14ClN5O4S/c1-30(28,29)25(17-8-4-15(20)5-9-17)19(27)24-18(26)23-16-6-2-13(3-7-16)10-14(11-21)12-22/h2-10H,1H3,(H2,23,24,26,27). The average Bonchev–Trinajstić information content (AvgIpc) is 2.68. The first-order valence-electron chi connectivity index (χ1n) is 8.14. The van der Waals surface area contributed by atoms with Gasteiger partial charge in [-0.3, -0.25) is 5.32 Å². The van der Waals surface area contributed by atoms with Gasteiger partial charge in [-0.1, -0.05) is 23.7 Å². The fraction of sp³-hybridized carbons (Fsp3) is 0.0526. The van der Waals surface area contributed by atoms with E-state index in [2.05, 4.69) is 5.32 Å². The molecule has 2 N–H and O–H groups in total. The first-order valence-corrected chi connectivity index (χ1v) is 10.4. The molecule has 0 bridgehead atoms. The summed E-state index contributed by atoms with van der Waals surface area (Å²) in [6.45, 7) is 0. The molecule has 4 amide bonds. The molecule has 11 heteroatoms. The van der Waals surface area contributed by atoms with Crippen LogP contribution in [0.2, 0.25) is 5.02 Å². The quantitative estimate of drug-likeness (QED) is 0.692. The Balaban J connectivity index is 2.12. The number of urea groups is 2. The molecule has 30 heavy (non-hydrogen) atoms. The molecule has 0 aliphatic heterocycles. The number of anilines is 2. The van der Waals surface area contributed by atoms with Crippen LogP contribution in [0.15, 0.2) is 54.1 Å². The molecule has 0 saturated carbocycles. The van der Waals surface area contributed by atoms with Crippen molar-refractivity contribution in [2.24, 2.45) is 0 Å². The third kappa shape index (κ3) is 6.07. The van der Waals surface area contributed by atoms with E-state index in [0.29, 0.717) is 20.6 Å². The summed E-state index contributed by atoms with van der Waals surface area (Å²) in [6.07, 6.45) is 2.19. The topological polar surface area (TPSA) is 143 Å². The summed E-state index contributed by atoms with van der Waals surface area (Å²) in [7, 11) is -4.03. The summed E-state index contributed by atoms with van der Waals surface area (Å²) >= 11 is 5.77. The van der Waals surface area contributed by atoms with Gasteiger partial charge in [0.25, 0.3) is 0 Å². The van der Waals surface area contributed by atoms with E-state index in [1.54, 1.807) is 24.3 Å². The largest absolute Gasteiger partial charge is 0.343 e. The number of nitrogens with one attached hydrogen (secondary N) is 2. The van der Waals surface area contributed by atoms with Gasteiger partial charge in [-0.05, 0) is 48.0 Å². The Kier molecular flexibility index (Phi) is 7.15. The number of amides is 4. The summed E-state index contributed by atoms with van der Waals surface area (Å²) in [5.41, 5.74) is 0.780. The lowest BCUT2D eigenvalue weighted by molar-refractivity contribution is 0.238. The molecule has 0 unspecified atom stereocenters. The molecule has 2 aromatic carbocycles. The predicted octanol–water partition coefficient (Wildman–Crippen LogP) is 3.48. The minimum absolute atomic E-state index is 0.00845. The second-order valence-corrected chi connectivity index (χ2v) is 8.06. The lowest BCUT2D eigenvalue weighted by Gasteiger charge is -2.20. The van der Waals surface area contributed by atoms with Crippen LogP contribution >= 0.6 is 11.6 Å².